The number of hydrogen-bond acceptors (Lipinski definition) is 4. The van der Waals surface area contributed by atoms with Crippen LogP contribution in [0.25, 0.3) is 11.1 Å². The van der Waals surface area contributed by atoms with E-state index in [2.05, 4.69) is 40.7 Å². The van der Waals surface area contributed by atoms with Gasteiger partial charge in [0.25, 0.3) is 0 Å². The first kappa shape index (κ1) is 22.1. The van der Waals surface area contributed by atoms with Gasteiger partial charge in [0.1, 0.15) is 5.75 Å². The van der Waals surface area contributed by atoms with Crippen LogP contribution in [0.3, 0.4) is 0 Å². The molecule has 6 nitrogen and oxygen atoms in total. The Hall–Kier alpha value is -3.12. The Bertz CT molecular complexity index is 1050. The Morgan fingerprint density at radius 3 is 2.59 bits per heavy atom. The third-order valence-corrected chi connectivity index (χ3v) is 6.20. The van der Waals surface area contributed by atoms with E-state index in [1.807, 2.05) is 42.1 Å². The molecule has 168 valence electrons. The van der Waals surface area contributed by atoms with Crippen molar-refractivity contribution in [3.8, 4) is 16.9 Å². The maximum Gasteiger partial charge on any atom is 0.226 e. The summed E-state index contributed by atoms with van der Waals surface area (Å²) in [5, 5.41) is 7.55. The number of rotatable bonds is 8. The van der Waals surface area contributed by atoms with Gasteiger partial charge >= 0.3 is 0 Å². The molecule has 0 atom stereocenters. The molecule has 1 aliphatic heterocycles. The zero-order valence-corrected chi connectivity index (χ0v) is 18.8. The summed E-state index contributed by atoms with van der Waals surface area (Å²) in [5.41, 5.74) is 3.91. The minimum atomic E-state index is -0.453. The SMILES string of the molecule is COc1cccc(-c2cccc(CC3(C(=O)NCCn4ccc(C)n4)CCOCC3)c2)c1. The molecule has 0 bridgehead atoms. The van der Waals surface area contributed by atoms with Crippen LogP contribution in [0, 0.1) is 12.3 Å². The highest BCUT2D eigenvalue weighted by molar-refractivity contribution is 5.83. The van der Waals surface area contributed by atoms with Gasteiger partial charge in [-0.2, -0.15) is 5.10 Å². The molecule has 0 spiro atoms. The Balaban J connectivity index is 1.48. The van der Waals surface area contributed by atoms with Crippen molar-refractivity contribution in [2.75, 3.05) is 26.9 Å². The van der Waals surface area contributed by atoms with E-state index in [4.69, 9.17) is 9.47 Å². The normalized spacial score (nSPS) is 15.3. The second-order valence-electron chi connectivity index (χ2n) is 8.48. The summed E-state index contributed by atoms with van der Waals surface area (Å²) < 4.78 is 12.8. The van der Waals surface area contributed by atoms with Crippen LogP contribution < -0.4 is 10.1 Å². The van der Waals surface area contributed by atoms with Gasteiger partial charge in [-0.3, -0.25) is 9.48 Å². The van der Waals surface area contributed by atoms with E-state index in [0.29, 0.717) is 32.7 Å². The summed E-state index contributed by atoms with van der Waals surface area (Å²) in [6.07, 6.45) is 4.09. The topological polar surface area (TPSA) is 65.4 Å². The number of nitrogens with one attached hydrogen (secondary N) is 1. The van der Waals surface area contributed by atoms with Crippen molar-refractivity contribution in [3.63, 3.8) is 0 Å². The van der Waals surface area contributed by atoms with Gasteiger partial charge in [-0.15, -0.1) is 0 Å². The number of hydrogen-bond donors (Lipinski definition) is 1. The predicted octanol–water partition coefficient (Wildman–Crippen LogP) is 4.02. The fraction of sp³-hybridized carbons (Fsp3) is 0.385. The largest absolute Gasteiger partial charge is 0.497 e. The van der Waals surface area contributed by atoms with Crippen molar-refractivity contribution in [2.45, 2.75) is 32.7 Å². The number of nitrogens with zero attached hydrogens (tertiary/aromatic N) is 2. The number of carbonyl (C=O) groups is 1. The molecule has 0 radical (unpaired) electrons. The maximum absolute atomic E-state index is 13.3. The number of benzene rings is 2. The molecule has 1 fully saturated rings. The van der Waals surface area contributed by atoms with Gasteiger partial charge in [0.15, 0.2) is 0 Å². The van der Waals surface area contributed by atoms with E-state index >= 15 is 0 Å². The van der Waals surface area contributed by atoms with Crippen LogP contribution in [0.5, 0.6) is 5.75 Å². The van der Waals surface area contributed by atoms with Crippen molar-refractivity contribution >= 4 is 5.91 Å². The van der Waals surface area contributed by atoms with E-state index in [1.165, 1.54) is 0 Å². The first-order chi connectivity index (χ1) is 15.6. The molecule has 0 aliphatic carbocycles. The highest BCUT2D eigenvalue weighted by Crippen LogP contribution is 2.36. The second-order valence-corrected chi connectivity index (χ2v) is 8.48. The number of methoxy groups -OCH3 is 1. The van der Waals surface area contributed by atoms with Crippen LogP contribution in [-0.2, 0) is 22.5 Å². The molecule has 0 unspecified atom stereocenters. The molecule has 32 heavy (non-hydrogen) atoms. The molecule has 6 heteroatoms. The van der Waals surface area contributed by atoms with Gasteiger partial charge in [0, 0.05) is 26.0 Å². The summed E-state index contributed by atoms with van der Waals surface area (Å²) in [5.74, 6) is 0.942. The van der Waals surface area contributed by atoms with Gasteiger partial charge in [0.05, 0.1) is 24.8 Å². The molecule has 4 rings (SSSR count). The van der Waals surface area contributed by atoms with Crippen LogP contribution in [-0.4, -0.2) is 42.6 Å². The van der Waals surface area contributed by atoms with Gasteiger partial charge in [0.2, 0.25) is 5.91 Å². The van der Waals surface area contributed by atoms with Gasteiger partial charge in [-0.1, -0.05) is 36.4 Å². The van der Waals surface area contributed by atoms with Crippen LogP contribution in [0.15, 0.2) is 60.8 Å². The Kier molecular flexibility index (Phi) is 6.90. The van der Waals surface area contributed by atoms with E-state index in [9.17, 15) is 4.79 Å². The van der Waals surface area contributed by atoms with E-state index in [-0.39, 0.29) is 5.91 Å². The van der Waals surface area contributed by atoms with Crippen molar-refractivity contribution in [1.29, 1.82) is 0 Å². The molecule has 1 N–H and O–H groups in total. The lowest BCUT2D eigenvalue weighted by molar-refractivity contribution is -0.136. The molecule has 1 aromatic heterocycles. The minimum Gasteiger partial charge on any atom is -0.497 e. The van der Waals surface area contributed by atoms with E-state index in [1.54, 1.807) is 7.11 Å². The number of carbonyl (C=O) groups excluding carboxylic acids is 1. The summed E-state index contributed by atoms with van der Waals surface area (Å²) in [6.45, 7) is 4.42. The lowest BCUT2D eigenvalue weighted by Crippen LogP contribution is -2.46. The van der Waals surface area contributed by atoms with Crippen molar-refractivity contribution in [2.24, 2.45) is 5.41 Å². The van der Waals surface area contributed by atoms with Crippen molar-refractivity contribution < 1.29 is 14.3 Å². The standard InChI is InChI=1S/C26H31N3O3/c1-20-9-13-29(28-20)14-12-27-25(30)26(10-15-32-16-11-26)19-21-5-3-6-22(17-21)23-7-4-8-24(18-23)31-2/h3-9,13,17-18H,10-12,14-16,19H2,1-2H3,(H,27,30). The molecule has 3 aromatic rings. The van der Waals surface area contributed by atoms with Gasteiger partial charge < -0.3 is 14.8 Å². The Morgan fingerprint density at radius 2 is 1.88 bits per heavy atom. The molecule has 0 saturated carbocycles. The van der Waals surface area contributed by atoms with Crippen LogP contribution in [0.4, 0.5) is 0 Å². The zero-order chi connectivity index (χ0) is 22.4. The van der Waals surface area contributed by atoms with E-state index < -0.39 is 5.41 Å². The highest BCUT2D eigenvalue weighted by atomic mass is 16.5. The molecule has 1 aliphatic rings. The molecule has 2 aromatic carbocycles. The third-order valence-electron chi connectivity index (χ3n) is 6.20. The van der Waals surface area contributed by atoms with Crippen molar-refractivity contribution in [3.05, 3.63) is 72.1 Å². The number of amides is 1. The smallest absolute Gasteiger partial charge is 0.226 e. The van der Waals surface area contributed by atoms with Gasteiger partial charge in [-0.25, -0.2) is 0 Å². The molecular formula is C26H31N3O3. The predicted molar refractivity (Wildman–Crippen MR) is 125 cm³/mol. The summed E-state index contributed by atoms with van der Waals surface area (Å²) in [6, 6.07) is 18.5. The average Bonchev–Trinajstić information content (AvgIpc) is 3.24. The maximum atomic E-state index is 13.3. The van der Waals surface area contributed by atoms with Gasteiger partial charge in [-0.05, 0) is 61.1 Å². The minimum absolute atomic E-state index is 0.108. The lowest BCUT2D eigenvalue weighted by atomic mass is 9.74. The quantitative estimate of drug-likeness (QED) is 0.583. The fourth-order valence-electron chi connectivity index (χ4n) is 4.36. The third kappa shape index (κ3) is 5.19. The first-order valence-electron chi connectivity index (χ1n) is 11.2. The van der Waals surface area contributed by atoms with Crippen LogP contribution >= 0.6 is 0 Å². The number of ether oxygens (including phenoxy) is 2. The molecule has 2 heterocycles. The molecule has 1 amide bonds. The van der Waals surface area contributed by atoms with Crippen LogP contribution in [0.1, 0.15) is 24.1 Å². The summed E-state index contributed by atoms with van der Waals surface area (Å²) in [7, 11) is 1.68. The Labute approximate surface area is 189 Å². The van der Waals surface area contributed by atoms with Crippen molar-refractivity contribution in [1.82, 2.24) is 15.1 Å². The number of aryl methyl sites for hydroxylation is 1. The molecule has 1 saturated heterocycles. The zero-order valence-electron chi connectivity index (χ0n) is 18.8. The average molecular weight is 434 g/mol. The molecular weight excluding hydrogens is 402 g/mol. The monoisotopic (exact) mass is 433 g/mol. The highest BCUT2D eigenvalue weighted by Gasteiger charge is 2.40. The van der Waals surface area contributed by atoms with E-state index in [0.717, 1.165) is 41.0 Å². The lowest BCUT2D eigenvalue weighted by Gasteiger charge is -2.36. The second kappa shape index (κ2) is 10.0. The van der Waals surface area contributed by atoms with Crippen LogP contribution in [0.2, 0.25) is 0 Å². The summed E-state index contributed by atoms with van der Waals surface area (Å²) >= 11 is 0. The Morgan fingerprint density at radius 1 is 1.12 bits per heavy atom. The number of aromatic nitrogens is 2. The fourth-order valence-corrected chi connectivity index (χ4v) is 4.36. The summed E-state index contributed by atoms with van der Waals surface area (Å²) in [4.78, 5) is 13.3. The first-order valence-corrected chi connectivity index (χ1v) is 11.2.